The van der Waals surface area contributed by atoms with Gasteiger partial charge in [0.15, 0.2) is 0 Å². The molecule has 1 heterocycles. The van der Waals surface area contributed by atoms with E-state index >= 15 is 0 Å². The van der Waals surface area contributed by atoms with Gasteiger partial charge in [-0.1, -0.05) is 6.92 Å². The molecule has 0 radical (unpaired) electrons. The highest BCUT2D eigenvalue weighted by Gasteiger charge is 1.94. The van der Waals surface area contributed by atoms with E-state index in [9.17, 15) is 0 Å². The first-order valence-electron chi connectivity index (χ1n) is 3.89. The molecule has 0 aromatic carbocycles. The maximum absolute atomic E-state index is 5.18. The fourth-order valence-corrected chi connectivity index (χ4v) is 0.786. The second kappa shape index (κ2) is 4.50. The SMILES string of the molecule is CCCNc1cc(NN)ncn1. The van der Waals surface area contributed by atoms with Crippen molar-refractivity contribution in [1.82, 2.24) is 9.97 Å². The lowest BCUT2D eigenvalue weighted by Crippen LogP contribution is -2.10. The standard InChI is InChI=1S/C7H13N5/c1-2-3-9-6-4-7(12-8)11-5-10-6/h4-5H,2-3,8H2,1H3,(H2,9,10,11,12). The Morgan fingerprint density at radius 1 is 1.42 bits per heavy atom. The summed E-state index contributed by atoms with van der Waals surface area (Å²) in [5.74, 6) is 6.59. The zero-order chi connectivity index (χ0) is 8.81. The van der Waals surface area contributed by atoms with Crippen molar-refractivity contribution in [3.05, 3.63) is 12.4 Å². The minimum atomic E-state index is 0.614. The van der Waals surface area contributed by atoms with Gasteiger partial charge in [0.25, 0.3) is 0 Å². The summed E-state index contributed by atoms with van der Waals surface area (Å²) in [7, 11) is 0. The Morgan fingerprint density at radius 3 is 2.83 bits per heavy atom. The van der Waals surface area contributed by atoms with Crippen molar-refractivity contribution in [2.75, 3.05) is 17.3 Å². The van der Waals surface area contributed by atoms with Gasteiger partial charge in [0.2, 0.25) is 0 Å². The van der Waals surface area contributed by atoms with E-state index in [1.807, 2.05) is 0 Å². The van der Waals surface area contributed by atoms with Gasteiger partial charge in [0.1, 0.15) is 18.0 Å². The fourth-order valence-electron chi connectivity index (χ4n) is 0.786. The largest absolute Gasteiger partial charge is 0.370 e. The van der Waals surface area contributed by atoms with Crippen LogP contribution in [0.1, 0.15) is 13.3 Å². The van der Waals surface area contributed by atoms with Crippen molar-refractivity contribution >= 4 is 11.6 Å². The third-order valence-corrected chi connectivity index (χ3v) is 1.37. The molecule has 0 fully saturated rings. The molecule has 0 saturated heterocycles. The van der Waals surface area contributed by atoms with E-state index in [1.165, 1.54) is 6.33 Å². The Morgan fingerprint density at radius 2 is 2.17 bits per heavy atom. The smallest absolute Gasteiger partial charge is 0.145 e. The van der Waals surface area contributed by atoms with Crippen LogP contribution in [0.25, 0.3) is 0 Å². The minimum absolute atomic E-state index is 0.614. The molecule has 0 aliphatic rings. The first-order chi connectivity index (χ1) is 5.86. The molecule has 0 aliphatic heterocycles. The maximum Gasteiger partial charge on any atom is 0.145 e. The summed E-state index contributed by atoms with van der Waals surface area (Å²) in [5, 5.41) is 3.12. The Kier molecular flexibility index (Phi) is 3.28. The summed E-state index contributed by atoms with van der Waals surface area (Å²) in [6.45, 7) is 3.00. The number of rotatable bonds is 4. The molecule has 0 unspecified atom stereocenters. The molecule has 1 aromatic rings. The van der Waals surface area contributed by atoms with E-state index in [2.05, 4.69) is 27.6 Å². The predicted octanol–water partition coefficient (Wildman–Crippen LogP) is 0.584. The monoisotopic (exact) mass is 167 g/mol. The molecule has 0 aliphatic carbocycles. The van der Waals surface area contributed by atoms with Crippen LogP contribution in [-0.2, 0) is 0 Å². The van der Waals surface area contributed by atoms with Crippen molar-refractivity contribution in [3.8, 4) is 0 Å². The predicted molar refractivity (Wildman–Crippen MR) is 48.6 cm³/mol. The Labute approximate surface area is 71.4 Å². The molecule has 1 aromatic heterocycles. The first-order valence-corrected chi connectivity index (χ1v) is 3.89. The summed E-state index contributed by atoms with van der Waals surface area (Å²) in [6.07, 6.45) is 2.53. The van der Waals surface area contributed by atoms with Crippen molar-refractivity contribution in [2.45, 2.75) is 13.3 Å². The highest BCUT2D eigenvalue weighted by Crippen LogP contribution is 2.06. The van der Waals surface area contributed by atoms with Gasteiger partial charge in [0.05, 0.1) is 0 Å². The van der Waals surface area contributed by atoms with Crippen LogP contribution in [0.5, 0.6) is 0 Å². The quantitative estimate of drug-likeness (QED) is 0.452. The molecular weight excluding hydrogens is 154 g/mol. The zero-order valence-electron chi connectivity index (χ0n) is 7.04. The molecule has 5 nitrogen and oxygen atoms in total. The van der Waals surface area contributed by atoms with Crippen LogP contribution < -0.4 is 16.6 Å². The van der Waals surface area contributed by atoms with E-state index in [0.29, 0.717) is 5.82 Å². The number of nitrogen functional groups attached to an aromatic ring is 1. The molecule has 4 N–H and O–H groups in total. The molecule has 0 saturated carbocycles. The molecule has 0 atom stereocenters. The highest BCUT2D eigenvalue weighted by atomic mass is 15.3. The summed E-state index contributed by atoms with van der Waals surface area (Å²) in [6, 6.07) is 1.76. The zero-order valence-corrected chi connectivity index (χ0v) is 7.04. The average Bonchev–Trinajstić information content (AvgIpc) is 2.15. The van der Waals surface area contributed by atoms with Crippen LogP contribution in [-0.4, -0.2) is 16.5 Å². The molecule has 0 bridgehead atoms. The van der Waals surface area contributed by atoms with Gasteiger partial charge in [-0.15, -0.1) is 0 Å². The topological polar surface area (TPSA) is 75.9 Å². The average molecular weight is 167 g/mol. The normalized spacial score (nSPS) is 9.50. The molecule has 66 valence electrons. The van der Waals surface area contributed by atoms with Crippen LogP contribution in [0.4, 0.5) is 11.6 Å². The van der Waals surface area contributed by atoms with E-state index in [-0.39, 0.29) is 0 Å². The lowest BCUT2D eigenvalue weighted by Gasteiger charge is -2.04. The third-order valence-electron chi connectivity index (χ3n) is 1.37. The molecule has 5 heteroatoms. The maximum atomic E-state index is 5.18. The van der Waals surface area contributed by atoms with E-state index < -0.39 is 0 Å². The second-order valence-electron chi connectivity index (χ2n) is 2.36. The molecule has 0 amide bonds. The molecule has 0 spiro atoms. The van der Waals surface area contributed by atoms with Crippen molar-refractivity contribution in [2.24, 2.45) is 5.84 Å². The Balaban J connectivity index is 2.60. The van der Waals surface area contributed by atoms with Gasteiger partial charge < -0.3 is 10.7 Å². The number of aromatic nitrogens is 2. The third kappa shape index (κ3) is 2.35. The van der Waals surface area contributed by atoms with E-state index in [1.54, 1.807) is 6.07 Å². The number of hydrazine groups is 1. The number of nitrogens with zero attached hydrogens (tertiary/aromatic N) is 2. The lowest BCUT2D eigenvalue weighted by atomic mass is 10.4. The van der Waals surface area contributed by atoms with Gasteiger partial charge in [0, 0.05) is 12.6 Å². The Hall–Kier alpha value is -1.36. The van der Waals surface area contributed by atoms with Crippen LogP contribution in [0.15, 0.2) is 12.4 Å². The van der Waals surface area contributed by atoms with Gasteiger partial charge in [-0.25, -0.2) is 15.8 Å². The highest BCUT2D eigenvalue weighted by molar-refractivity contribution is 5.45. The summed E-state index contributed by atoms with van der Waals surface area (Å²) in [5.41, 5.74) is 2.45. The van der Waals surface area contributed by atoms with Crippen molar-refractivity contribution < 1.29 is 0 Å². The van der Waals surface area contributed by atoms with E-state index in [4.69, 9.17) is 5.84 Å². The van der Waals surface area contributed by atoms with E-state index in [0.717, 1.165) is 18.8 Å². The van der Waals surface area contributed by atoms with Crippen LogP contribution >= 0.6 is 0 Å². The minimum Gasteiger partial charge on any atom is -0.370 e. The second-order valence-corrected chi connectivity index (χ2v) is 2.36. The van der Waals surface area contributed by atoms with Gasteiger partial charge in [-0.3, -0.25) is 0 Å². The number of nitrogens with two attached hydrogens (primary N) is 1. The Bertz CT molecular complexity index is 237. The summed E-state index contributed by atoms with van der Waals surface area (Å²) in [4.78, 5) is 7.89. The van der Waals surface area contributed by atoms with Crippen molar-refractivity contribution in [3.63, 3.8) is 0 Å². The van der Waals surface area contributed by atoms with Gasteiger partial charge in [-0.2, -0.15) is 0 Å². The van der Waals surface area contributed by atoms with Crippen LogP contribution in [0.2, 0.25) is 0 Å². The van der Waals surface area contributed by atoms with Gasteiger partial charge in [-0.05, 0) is 6.42 Å². The number of hydrogen-bond acceptors (Lipinski definition) is 5. The first kappa shape index (κ1) is 8.73. The summed E-state index contributed by atoms with van der Waals surface area (Å²) < 4.78 is 0. The number of anilines is 2. The van der Waals surface area contributed by atoms with Crippen LogP contribution in [0, 0.1) is 0 Å². The van der Waals surface area contributed by atoms with Crippen molar-refractivity contribution in [1.29, 1.82) is 0 Å². The molecule has 12 heavy (non-hydrogen) atoms. The molecule has 1 rings (SSSR count). The van der Waals surface area contributed by atoms with Gasteiger partial charge >= 0.3 is 0 Å². The summed E-state index contributed by atoms with van der Waals surface area (Å²) >= 11 is 0. The lowest BCUT2D eigenvalue weighted by molar-refractivity contribution is 0.964. The number of nitrogens with one attached hydrogen (secondary N) is 2. The number of hydrogen-bond donors (Lipinski definition) is 3. The van der Waals surface area contributed by atoms with Crippen LogP contribution in [0.3, 0.4) is 0 Å². The molecular formula is C7H13N5. The fraction of sp³-hybridized carbons (Fsp3) is 0.429.